The van der Waals surface area contributed by atoms with Crippen LogP contribution in [-0.2, 0) is 11.3 Å². The van der Waals surface area contributed by atoms with E-state index in [4.69, 9.17) is 17.3 Å². The largest absolute Gasteiger partial charge is 0.368 e. The van der Waals surface area contributed by atoms with Crippen molar-refractivity contribution in [2.45, 2.75) is 12.6 Å². The summed E-state index contributed by atoms with van der Waals surface area (Å²) in [5.74, 6) is -0.389. The molecule has 2 aromatic carbocycles. The number of rotatable bonds is 5. The summed E-state index contributed by atoms with van der Waals surface area (Å²) >= 11 is 5.83. The van der Waals surface area contributed by atoms with Crippen LogP contribution in [0, 0.1) is 0 Å². The summed E-state index contributed by atoms with van der Waals surface area (Å²) in [5.41, 5.74) is 7.35. The van der Waals surface area contributed by atoms with Crippen LogP contribution >= 0.6 is 11.6 Å². The highest BCUT2D eigenvalue weighted by atomic mass is 35.5. The van der Waals surface area contributed by atoms with E-state index in [9.17, 15) is 4.79 Å². The van der Waals surface area contributed by atoms with Gasteiger partial charge in [0, 0.05) is 11.6 Å². The molecule has 0 fully saturated rings. The molecule has 0 radical (unpaired) electrons. The molecule has 4 heteroatoms. The SMILES string of the molecule is NC(=O)C(NCc1ccc(Cl)cc1)c1ccccc1. The van der Waals surface area contributed by atoms with Gasteiger partial charge in [0.25, 0.3) is 0 Å². The molecule has 19 heavy (non-hydrogen) atoms. The van der Waals surface area contributed by atoms with Gasteiger partial charge in [-0.15, -0.1) is 0 Å². The molecule has 1 unspecified atom stereocenters. The fourth-order valence-corrected chi connectivity index (χ4v) is 1.98. The normalized spacial score (nSPS) is 12.1. The van der Waals surface area contributed by atoms with E-state index in [0.717, 1.165) is 11.1 Å². The predicted octanol–water partition coefficient (Wildman–Crippen LogP) is 2.66. The van der Waals surface area contributed by atoms with Gasteiger partial charge >= 0.3 is 0 Å². The van der Waals surface area contributed by atoms with E-state index in [2.05, 4.69) is 5.32 Å². The molecule has 0 aromatic heterocycles. The maximum absolute atomic E-state index is 11.5. The van der Waals surface area contributed by atoms with Crippen LogP contribution in [0.3, 0.4) is 0 Å². The number of benzene rings is 2. The molecule has 3 nitrogen and oxygen atoms in total. The van der Waals surface area contributed by atoms with Crippen molar-refractivity contribution >= 4 is 17.5 Å². The van der Waals surface area contributed by atoms with Crippen molar-refractivity contribution in [2.24, 2.45) is 5.73 Å². The first kappa shape index (κ1) is 13.6. The molecule has 0 aliphatic rings. The third-order valence-electron chi connectivity index (χ3n) is 2.84. The minimum absolute atomic E-state index is 0.389. The highest BCUT2D eigenvalue weighted by Gasteiger charge is 2.16. The number of carbonyl (C=O) groups is 1. The van der Waals surface area contributed by atoms with Gasteiger partial charge in [0.15, 0.2) is 0 Å². The van der Waals surface area contributed by atoms with E-state index in [1.807, 2.05) is 54.6 Å². The smallest absolute Gasteiger partial charge is 0.239 e. The molecule has 0 bridgehead atoms. The van der Waals surface area contributed by atoms with Gasteiger partial charge in [-0.1, -0.05) is 54.1 Å². The lowest BCUT2D eigenvalue weighted by molar-refractivity contribution is -0.120. The Morgan fingerprint density at radius 2 is 1.74 bits per heavy atom. The van der Waals surface area contributed by atoms with E-state index < -0.39 is 6.04 Å². The van der Waals surface area contributed by atoms with Crippen molar-refractivity contribution in [1.82, 2.24) is 5.32 Å². The van der Waals surface area contributed by atoms with Gasteiger partial charge in [0.2, 0.25) is 5.91 Å². The lowest BCUT2D eigenvalue weighted by Gasteiger charge is -2.15. The van der Waals surface area contributed by atoms with Gasteiger partial charge in [0.05, 0.1) is 0 Å². The molecule has 2 aromatic rings. The van der Waals surface area contributed by atoms with Crippen molar-refractivity contribution in [2.75, 3.05) is 0 Å². The third kappa shape index (κ3) is 3.81. The number of amides is 1. The fraction of sp³-hybridized carbons (Fsp3) is 0.133. The Balaban J connectivity index is 2.06. The van der Waals surface area contributed by atoms with E-state index in [0.29, 0.717) is 11.6 Å². The Morgan fingerprint density at radius 3 is 2.32 bits per heavy atom. The second-order valence-electron chi connectivity index (χ2n) is 4.25. The maximum atomic E-state index is 11.5. The Bertz CT molecular complexity index is 540. The molecular weight excluding hydrogens is 260 g/mol. The van der Waals surface area contributed by atoms with Crippen molar-refractivity contribution < 1.29 is 4.79 Å². The summed E-state index contributed by atoms with van der Waals surface area (Å²) in [6.45, 7) is 0.555. The predicted molar refractivity (Wildman–Crippen MR) is 76.7 cm³/mol. The van der Waals surface area contributed by atoms with Crippen LogP contribution in [0.5, 0.6) is 0 Å². The van der Waals surface area contributed by atoms with Gasteiger partial charge in [0.1, 0.15) is 6.04 Å². The molecule has 3 N–H and O–H groups in total. The van der Waals surface area contributed by atoms with Crippen LogP contribution in [0.1, 0.15) is 17.2 Å². The van der Waals surface area contributed by atoms with Crippen molar-refractivity contribution in [3.8, 4) is 0 Å². The standard InChI is InChI=1S/C15H15ClN2O/c16-13-8-6-11(7-9-13)10-18-14(15(17)19)12-4-2-1-3-5-12/h1-9,14,18H,10H2,(H2,17,19). The number of nitrogens with two attached hydrogens (primary N) is 1. The Labute approximate surface area is 117 Å². The van der Waals surface area contributed by atoms with Crippen LogP contribution in [0.15, 0.2) is 54.6 Å². The second-order valence-corrected chi connectivity index (χ2v) is 4.69. The van der Waals surface area contributed by atoms with Crippen molar-refractivity contribution in [3.63, 3.8) is 0 Å². The lowest BCUT2D eigenvalue weighted by Crippen LogP contribution is -2.33. The highest BCUT2D eigenvalue weighted by Crippen LogP contribution is 2.14. The minimum Gasteiger partial charge on any atom is -0.368 e. The number of carbonyl (C=O) groups excluding carboxylic acids is 1. The highest BCUT2D eigenvalue weighted by molar-refractivity contribution is 6.30. The molecule has 1 amide bonds. The van der Waals surface area contributed by atoms with Gasteiger partial charge < -0.3 is 5.73 Å². The monoisotopic (exact) mass is 274 g/mol. The number of hydrogen-bond acceptors (Lipinski definition) is 2. The third-order valence-corrected chi connectivity index (χ3v) is 3.09. The number of hydrogen-bond donors (Lipinski definition) is 2. The molecule has 0 saturated carbocycles. The molecule has 0 aliphatic carbocycles. The second kappa shape index (κ2) is 6.36. The molecule has 1 atom stereocenters. The first-order chi connectivity index (χ1) is 9.16. The zero-order chi connectivity index (χ0) is 13.7. The number of halogens is 1. The van der Waals surface area contributed by atoms with E-state index >= 15 is 0 Å². The average molecular weight is 275 g/mol. The molecular formula is C15H15ClN2O. The van der Waals surface area contributed by atoms with Gasteiger partial charge in [-0.25, -0.2) is 0 Å². The van der Waals surface area contributed by atoms with Crippen LogP contribution in [0.4, 0.5) is 0 Å². The first-order valence-corrected chi connectivity index (χ1v) is 6.36. The van der Waals surface area contributed by atoms with Crippen LogP contribution in [-0.4, -0.2) is 5.91 Å². The number of nitrogens with one attached hydrogen (secondary N) is 1. The van der Waals surface area contributed by atoms with Crippen LogP contribution in [0.2, 0.25) is 5.02 Å². The molecule has 98 valence electrons. The summed E-state index contributed by atoms with van der Waals surface area (Å²) < 4.78 is 0. The Hall–Kier alpha value is -1.84. The number of primary amides is 1. The summed E-state index contributed by atoms with van der Waals surface area (Å²) in [4.78, 5) is 11.5. The summed E-state index contributed by atoms with van der Waals surface area (Å²) in [6.07, 6.45) is 0. The zero-order valence-electron chi connectivity index (χ0n) is 10.3. The van der Waals surface area contributed by atoms with E-state index in [-0.39, 0.29) is 5.91 Å². The maximum Gasteiger partial charge on any atom is 0.239 e. The molecule has 0 spiro atoms. The topological polar surface area (TPSA) is 55.1 Å². The minimum atomic E-state index is -0.489. The van der Waals surface area contributed by atoms with Crippen LogP contribution < -0.4 is 11.1 Å². The molecule has 0 aliphatic heterocycles. The van der Waals surface area contributed by atoms with Crippen molar-refractivity contribution in [3.05, 3.63) is 70.7 Å². The quantitative estimate of drug-likeness (QED) is 0.881. The van der Waals surface area contributed by atoms with Crippen LogP contribution in [0.25, 0.3) is 0 Å². The summed E-state index contributed by atoms with van der Waals surface area (Å²) in [5, 5.41) is 3.85. The molecule has 0 saturated heterocycles. The van der Waals surface area contributed by atoms with E-state index in [1.165, 1.54) is 0 Å². The van der Waals surface area contributed by atoms with Gasteiger partial charge in [-0.2, -0.15) is 0 Å². The average Bonchev–Trinajstić information content (AvgIpc) is 2.42. The Morgan fingerprint density at radius 1 is 1.11 bits per heavy atom. The molecule has 2 rings (SSSR count). The molecule has 0 heterocycles. The van der Waals surface area contributed by atoms with Crippen molar-refractivity contribution in [1.29, 1.82) is 0 Å². The van der Waals surface area contributed by atoms with E-state index in [1.54, 1.807) is 0 Å². The summed E-state index contributed by atoms with van der Waals surface area (Å²) in [6, 6.07) is 16.4. The Kier molecular flexibility index (Phi) is 4.55. The van der Waals surface area contributed by atoms with Gasteiger partial charge in [-0.05, 0) is 23.3 Å². The zero-order valence-corrected chi connectivity index (χ0v) is 11.1. The lowest BCUT2D eigenvalue weighted by atomic mass is 10.1. The fourth-order valence-electron chi connectivity index (χ4n) is 1.85. The first-order valence-electron chi connectivity index (χ1n) is 5.99. The summed E-state index contributed by atoms with van der Waals surface area (Å²) in [7, 11) is 0. The van der Waals surface area contributed by atoms with Gasteiger partial charge in [-0.3, -0.25) is 10.1 Å².